The molecule has 3 heteroatoms. The van der Waals surface area contributed by atoms with Gasteiger partial charge in [0, 0.05) is 31.3 Å². The third-order valence-corrected chi connectivity index (χ3v) is 3.44. The van der Waals surface area contributed by atoms with Crippen molar-refractivity contribution >= 4 is 11.7 Å². The molecule has 14 heavy (non-hydrogen) atoms. The Balaban J connectivity index is 1.91. The lowest BCUT2D eigenvalue weighted by Crippen LogP contribution is -2.46. The van der Waals surface area contributed by atoms with Gasteiger partial charge >= 0.3 is 0 Å². The normalized spacial score (nSPS) is 28.8. The highest BCUT2D eigenvalue weighted by molar-refractivity contribution is 5.86. The van der Waals surface area contributed by atoms with E-state index in [4.69, 9.17) is 0 Å². The fourth-order valence-corrected chi connectivity index (χ4v) is 2.13. The van der Waals surface area contributed by atoms with Gasteiger partial charge in [-0.25, -0.2) is 0 Å². The molecule has 0 aromatic carbocycles. The molecule has 0 bridgehead atoms. The van der Waals surface area contributed by atoms with E-state index < -0.39 is 0 Å². The number of likely N-dealkylation sites (tertiary alicyclic amines) is 1. The minimum atomic E-state index is 0.0489. The molecule has 2 fully saturated rings. The molecule has 2 rings (SSSR count). The summed E-state index contributed by atoms with van der Waals surface area (Å²) < 4.78 is 0. The van der Waals surface area contributed by atoms with Crippen LogP contribution in [-0.4, -0.2) is 29.7 Å². The van der Waals surface area contributed by atoms with Gasteiger partial charge in [-0.2, -0.15) is 0 Å². The first kappa shape index (κ1) is 9.69. The summed E-state index contributed by atoms with van der Waals surface area (Å²) in [6.45, 7) is 3.22. The molecule has 1 heterocycles. The number of rotatable bonds is 1. The first-order valence-electron chi connectivity index (χ1n) is 5.50. The zero-order valence-corrected chi connectivity index (χ0v) is 8.66. The second kappa shape index (κ2) is 3.71. The molecule has 0 aromatic rings. The topological polar surface area (TPSA) is 37.4 Å². The van der Waals surface area contributed by atoms with E-state index in [9.17, 15) is 9.59 Å². The molecule has 0 radical (unpaired) electrons. The van der Waals surface area contributed by atoms with Crippen LogP contribution in [-0.2, 0) is 9.59 Å². The van der Waals surface area contributed by atoms with Gasteiger partial charge in [0.15, 0.2) is 0 Å². The van der Waals surface area contributed by atoms with Gasteiger partial charge in [0.2, 0.25) is 5.91 Å². The zero-order chi connectivity index (χ0) is 10.1. The second-order valence-electron chi connectivity index (χ2n) is 4.53. The molecule has 2 aliphatic rings. The molecule has 1 saturated heterocycles. The Morgan fingerprint density at radius 2 is 2.14 bits per heavy atom. The fourth-order valence-electron chi connectivity index (χ4n) is 2.13. The summed E-state index contributed by atoms with van der Waals surface area (Å²) in [6, 6.07) is 0. The van der Waals surface area contributed by atoms with Crippen molar-refractivity contribution < 1.29 is 9.59 Å². The molecule has 1 atom stereocenters. The van der Waals surface area contributed by atoms with Crippen molar-refractivity contribution in [1.29, 1.82) is 0 Å². The van der Waals surface area contributed by atoms with Crippen molar-refractivity contribution in [3.63, 3.8) is 0 Å². The minimum Gasteiger partial charge on any atom is -0.341 e. The van der Waals surface area contributed by atoms with Crippen molar-refractivity contribution in [2.24, 2.45) is 11.8 Å². The van der Waals surface area contributed by atoms with Crippen LogP contribution in [0.5, 0.6) is 0 Å². The minimum absolute atomic E-state index is 0.0489. The van der Waals surface area contributed by atoms with Gasteiger partial charge < -0.3 is 4.90 Å². The van der Waals surface area contributed by atoms with E-state index in [0.29, 0.717) is 25.3 Å². The summed E-state index contributed by atoms with van der Waals surface area (Å²) in [4.78, 5) is 25.0. The lowest BCUT2D eigenvalue weighted by molar-refractivity contribution is -0.142. The summed E-state index contributed by atoms with van der Waals surface area (Å²) in [7, 11) is 0. The van der Waals surface area contributed by atoms with E-state index >= 15 is 0 Å². The quantitative estimate of drug-likeness (QED) is 0.631. The number of ketones is 1. The first-order valence-corrected chi connectivity index (χ1v) is 5.50. The monoisotopic (exact) mass is 195 g/mol. The van der Waals surface area contributed by atoms with Crippen molar-refractivity contribution in [3.8, 4) is 0 Å². The van der Waals surface area contributed by atoms with Crippen LogP contribution < -0.4 is 0 Å². The van der Waals surface area contributed by atoms with E-state index in [0.717, 1.165) is 12.8 Å². The molecule has 0 N–H and O–H groups in total. The molecule has 1 aliphatic carbocycles. The van der Waals surface area contributed by atoms with Crippen LogP contribution in [0.2, 0.25) is 0 Å². The van der Waals surface area contributed by atoms with Gasteiger partial charge in [0.05, 0.1) is 0 Å². The van der Waals surface area contributed by atoms with Gasteiger partial charge in [0.25, 0.3) is 0 Å². The fraction of sp³-hybridized carbons (Fsp3) is 0.818. The lowest BCUT2D eigenvalue weighted by atomic mass is 9.83. The Morgan fingerprint density at radius 1 is 1.43 bits per heavy atom. The van der Waals surface area contributed by atoms with Crippen molar-refractivity contribution in [1.82, 2.24) is 4.90 Å². The Morgan fingerprint density at radius 3 is 2.64 bits per heavy atom. The van der Waals surface area contributed by atoms with E-state index in [1.807, 2.05) is 11.8 Å². The Kier molecular flexibility index (Phi) is 2.57. The van der Waals surface area contributed by atoms with Crippen molar-refractivity contribution in [2.75, 3.05) is 13.1 Å². The summed E-state index contributed by atoms with van der Waals surface area (Å²) in [5.74, 6) is 0.918. The van der Waals surface area contributed by atoms with Crippen LogP contribution in [0.4, 0.5) is 0 Å². The second-order valence-corrected chi connectivity index (χ2v) is 4.53. The summed E-state index contributed by atoms with van der Waals surface area (Å²) in [6.07, 6.45) is 3.85. The molecular weight excluding hydrogens is 178 g/mol. The van der Waals surface area contributed by atoms with Crippen LogP contribution in [0.1, 0.15) is 32.6 Å². The summed E-state index contributed by atoms with van der Waals surface area (Å²) >= 11 is 0. The third-order valence-electron chi connectivity index (χ3n) is 3.44. The Hall–Kier alpha value is -0.860. The highest BCUT2D eigenvalue weighted by Gasteiger charge is 2.33. The maximum Gasteiger partial charge on any atom is 0.225 e. The number of carbonyl (C=O) groups is 2. The zero-order valence-electron chi connectivity index (χ0n) is 8.66. The van der Waals surface area contributed by atoms with E-state index in [1.165, 1.54) is 6.42 Å². The van der Waals surface area contributed by atoms with Crippen LogP contribution in [0, 0.1) is 11.8 Å². The molecule has 78 valence electrons. The van der Waals surface area contributed by atoms with Gasteiger partial charge in [-0.15, -0.1) is 0 Å². The predicted octanol–water partition coefficient (Wildman–Crippen LogP) is 1.22. The molecule has 3 nitrogen and oxygen atoms in total. The van der Waals surface area contributed by atoms with Crippen molar-refractivity contribution in [2.45, 2.75) is 32.6 Å². The predicted molar refractivity (Wildman–Crippen MR) is 52.7 cm³/mol. The van der Waals surface area contributed by atoms with E-state index in [-0.39, 0.29) is 17.7 Å². The SMILES string of the molecule is CC1CN(C(=O)C2CCC2)CCC1=O. The molecule has 1 saturated carbocycles. The van der Waals surface area contributed by atoms with E-state index in [2.05, 4.69) is 0 Å². The number of amides is 1. The molecular formula is C11H17NO2. The Labute approximate surface area is 84.5 Å². The highest BCUT2D eigenvalue weighted by atomic mass is 16.2. The third kappa shape index (κ3) is 1.68. The lowest BCUT2D eigenvalue weighted by Gasteiger charge is -2.35. The maximum absolute atomic E-state index is 11.8. The average molecular weight is 195 g/mol. The van der Waals surface area contributed by atoms with Gasteiger partial charge in [-0.05, 0) is 12.8 Å². The van der Waals surface area contributed by atoms with Gasteiger partial charge in [-0.3, -0.25) is 9.59 Å². The number of carbonyl (C=O) groups excluding carboxylic acids is 2. The number of piperidine rings is 1. The molecule has 0 aromatic heterocycles. The molecule has 1 unspecified atom stereocenters. The molecule has 1 amide bonds. The van der Waals surface area contributed by atoms with Crippen LogP contribution in [0.3, 0.4) is 0 Å². The largest absolute Gasteiger partial charge is 0.341 e. The number of hydrogen-bond donors (Lipinski definition) is 0. The number of Topliss-reactive ketones (excluding diaryl/α,β-unsaturated/α-hetero) is 1. The van der Waals surface area contributed by atoms with Crippen LogP contribution in [0.15, 0.2) is 0 Å². The smallest absolute Gasteiger partial charge is 0.225 e. The summed E-state index contributed by atoms with van der Waals surface area (Å²) in [5.41, 5.74) is 0. The number of hydrogen-bond acceptors (Lipinski definition) is 2. The maximum atomic E-state index is 11.8. The van der Waals surface area contributed by atoms with Crippen molar-refractivity contribution in [3.05, 3.63) is 0 Å². The van der Waals surface area contributed by atoms with Crippen LogP contribution >= 0.6 is 0 Å². The molecule has 1 aliphatic heterocycles. The molecule has 0 spiro atoms. The van der Waals surface area contributed by atoms with Crippen LogP contribution in [0.25, 0.3) is 0 Å². The number of nitrogens with zero attached hydrogens (tertiary/aromatic N) is 1. The van der Waals surface area contributed by atoms with Gasteiger partial charge in [0.1, 0.15) is 5.78 Å². The first-order chi connectivity index (χ1) is 6.68. The average Bonchev–Trinajstić information content (AvgIpc) is 2.06. The summed E-state index contributed by atoms with van der Waals surface area (Å²) in [5, 5.41) is 0. The standard InChI is InChI=1S/C11H17NO2/c1-8-7-12(6-5-10(8)13)11(14)9-3-2-4-9/h8-9H,2-7H2,1H3. The highest BCUT2D eigenvalue weighted by Crippen LogP contribution is 2.29. The Bertz CT molecular complexity index is 258. The van der Waals surface area contributed by atoms with E-state index in [1.54, 1.807) is 0 Å². The van der Waals surface area contributed by atoms with Gasteiger partial charge in [-0.1, -0.05) is 13.3 Å².